The molecule has 3 unspecified atom stereocenters. The summed E-state index contributed by atoms with van der Waals surface area (Å²) in [5, 5.41) is -2.06. The van der Waals surface area contributed by atoms with E-state index in [9.17, 15) is 31.7 Å². The fourth-order valence-electron chi connectivity index (χ4n) is 4.33. The van der Waals surface area contributed by atoms with E-state index in [1.807, 2.05) is 13.8 Å². The molecular formula is C26H55N2NaO13P2S3. The third-order valence-corrected chi connectivity index (χ3v) is 8.24. The largest absolute Gasteiger partial charge is 1.00 e. The molecule has 47 heavy (non-hydrogen) atoms. The standard InChI is InChI=1S/C20H38O7S.C6H12N2.Na.2H3O3PS/c1-5-9-11-16(7-3)14-26-19(21)13-18(28(23,24)25)20(22)27-15-17(8-4)12-10-6-2;1-2-8-5-3-7(1)4-6-8;;2*1-4(2,3)5/h16-18H,5-15H2,1-4H3,(H,23,24,25);1-6H2;;2*(H3,1,2,3,5)/q;;+1;;/p-1. The first kappa shape index (κ1) is 52.1. The molecule has 3 aliphatic rings. The molecule has 3 heterocycles. The van der Waals surface area contributed by atoms with Crippen LogP contribution in [-0.4, -0.2) is 112 Å². The van der Waals surface area contributed by atoms with Gasteiger partial charge >= 0.3 is 55.1 Å². The Labute approximate surface area is 313 Å². The fraction of sp³-hybridized carbons (Fsp3) is 0.923. The average molecular weight is 785 g/mol. The molecule has 3 fully saturated rings. The van der Waals surface area contributed by atoms with Gasteiger partial charge in [-0.1, -0.05) is 90.7 Å². The molecule has 4 N–H and O–H groups in total. The first-order valence-corrected chi connectivity index (χ1v) is 22.4. The van der Waals surface area contributed by atoms with Crippen molar-refractivity contribution in [3.05, 3.63) is 0 Å². The van der Waals surface area contributed by atoms with Crippen LogP contribution in [0.15, 0.2) is 0 Å². The van der Waals surface area contributed by atoms with Crippen LogP contribution in [0, 0.1) is 11.8 Å². The fourth-order valence-corrected chi connectivity index (χ4v) is 4.98. The van der Waals surface area contributed by atoms with E-state index in [2.05, 4.69) is 48.1 Å². The SMILES string of the molecule is C1CN2CCN1CC2.CCCCC(CC)COC(=O)CC(C(=O)OCC(CC)CCCC)S(=O)(=O)[O-].O=P(O)(O)S.O=P(O)(O)S.[Na+]. The van der Waals surface area contributed by atoms with E-state index in [-0.39, 0.29) is 54.6 Å². The van der Waals surface area contributed by atoms with Crippen molar-refractivity contribution < 1.29 is 90.3 Å². The van der Waals surface area contributed by atoms with Gasteiger partial charge in [0.25, 0.3) is 0 Å². The maximum atomic E-state index is 12.1. The number of unbranched alkanes of at least 4 members (excludes halogenated alkanes) is 2. The molecule has 3 saturated heterocycles. The Morgan fingerprint density at radius 3 is 1.34 bits per heavy atom. The molecule has 0 amide bonds. The minimum absolute atomic E-state index is 0. The summed E-state index contributed by atoms with van der Waals surface area (Å²) >= 11 is 5.58. The number of rotatable bonds is 16. The summed E-state index contributed by atoms with van der Waals surface area (Å²) in [6.07, 6.45) is 6.58. The van der Waals surface area contributed by atoms with Gasteiger partial charge in [-0.2, -0.15) is 0 Å². The molecule has 0 aromatic heterocycles. The van der Waals surface area contributed by atoms with Gasteiger partial charge in [0, 0.05) is 39.3 Å². The number of ether oxygens (including phenoxy) is 2. The summed E-state index contributed by atoms with van der Waals surface area (Å²) in [4.78, 5) is 59.2. The van der Waals surface area contributed by atoms with Crippen LogP contribution in [0.5, 0.6) is 0 Å². The minimum Gasteiger partial charge on any atom is -0.747 e. The van der Waals surface area contributed by atoms with Gasteiger partial charge in [0.15, 0.2) is 5.25 Å². The number of carbonyl (C=O) groups excluding carboxylic acids is 2. The predicted molar refractivity (Wildman–Crippen MR) is 182 cm³/mol. The predicted octanol–water partition coefficient (Wildman–Crippen LogP) is 0.449. The molecule has 0 aliphatic carbocycles. The second-order valence-electron chi connectivity index (χ2n) is 11.0. The van der Waals surface area contributed by atoms with Crippen LogP contribution in [0.3, 0.4) is 0 Å². The van der Waals surface area contributed by atoms with Crippen molar-refractivity contribution in [3.8, 4) is 0 Å². The first-order chi connectivity index (χ1) is 21.1. The summed E-state index contributed by atoms with van der Waals surface area (Å²) in [7, 11) is -5.01. The number of nitrogens with zero attached hydrogens (tertiary/aromatic N) is 2. The average Bonchev–Trinajstić information content (AvgIpc) is 2.95. The van der Waals surface area contributed by atoms with Crippen LogP contribution in [0.1, 0.15) is 85.5 Å². The maximum Gasteiger partial charge on any atom is 1.00 e. The van der Waals surface area contributed by atoms with E-state index < -0.39 is 47.3 Å². The second kappa shape index (κ2) is 28.4. The molecule has 0 aromatic carbocycles. The maximum absolute atomic E-state index is 12.1. The Morgan fingerprint density at radius 2 is 1.09 bits per heavy atom. The van der Waals surface area contributed by atoms with Crippen molar-refractivity contribution in [2.45, 2.75) is 90.7 Å². The van der Waals surface area contributed by atoms with Gasteiger partial charge in [-0.25, -0.2) is 17.5 Å². The molecular weight excluding hydrogens is 729 g/mol. The Balaban J connectivity index is -0.000000811. The molecule has 0 aromatic rings. The van der Waals surface area contributed by atoms with Crippen molar-refractivity contribution in [1.82, 2.24) is 9.80 Å². The van der Waals surface area contributed by atoms with Crippen LogP contribution in [-0.2, 0) is 38.3 Å². The Kier molecular flexibility index (Phi) is 31.5. The number of carbonyl (C=O) groups is 2. The Bertz CT molecular complexity index is 984. The van der Waals surface area contributed by atoms with Crippen LogP contribution in [0.25, 0.3) is 0 Å². The van der Waals surface area contributed by atoms with Gasteiger partial charge in [-0.15, -0.1) is 0 Å². The van der Waals surface area contributed by atoms with Gasteiger partial charge in [-0.05, 0) is 24.7 Å². The Morgan fingerprint density at radius 1 is 0.766 bits per heavy atom. The molecule has 3 rings (SSSR count). The zero-order chi connectivity index (χ0) is 36.0. The summed E-state index contributed by atoms with van der Waals surface area (Å²) in [6.45, 7) is 8.29. The minimum atomic E-state index is -5.01. The third-order valence-electron chi connectivity index (χ3n) is 7.19. The number of thiol groups is 2. The van der Waals surface area contributed by atoms with Gasteiger partial charge in [-0.3, -0.25) is 19.4 Å². The molecule has 276 valence electrons. The monoisotopic (exact) mass is 784 g/mol. The summed E-state index contributed by atoms with van der Waals surface area (Å²) < 4.78 is 63.0. The number of esters is 2. The van der Waals surface area contributed by atoms with Gasteiger partial charge in [0.1, 0.15) is 10.1 Å². The number of piperazine rings is 3. The molecule has 21 heteroatoms. The molecule has 2 bridgehead atoms. The summed E-state index contributed by atoms with van der Waals surface area (Å²) in [5.41, 5.74) is 0. The van der Waals surface area contributed by atoms with Crippen LogP contribution in [0.4, 0.5) is 0 Å². The molecule has 0 saturated carbocycles. The van der Waals surface area contributed by atoms with Gasteiger partial charge < -0.3 is 33.6 Å². The van der Waals surface area contributed by atoms with Crippen molar-refractivity contribution in [3.63, 3.8) is 0 Å². The quantitative estimate of drug-likeness (QED) is 0.0410. The van der Waals surface area contributed by atoms with Gasteiger partial charge in [0.2, 0.25) is 0 Å². The molecule has 0 radical (unpaired) electrons. The van der Waals surface area contributed by atoms with E-state index in [4.69, 9.17) is 29.0 Å². The van der Waals surface area contributed by atoms with E-state index in [1.165, 1.54) is 39.3 Å². The third kappa shape index (κ3) is 35.0. The van der Waals surface area contributed by atoms with Crippen molar-refractivity contribution >= 4 is 60.1 Å². The van der Waals surface area contributed by atoms with Crippen LogP contribution >= 0.6 is 38.1 Å². The van der Waals surface area contributed by atoms with Crippen LogP contribution in [0.2, 0.25) is 0 Å². The smallest absolute Gasteiger partial charge is 0.747 e. The zero-order valence-corrected chi connectivity index (χ0v) is 34.7. The molecule has 15 nitrogen and oxygen atoms in total. The summed E-state index contributed by atoms with van der Waals surface area (Å²) in [5.74, 6) is -1.74. The molecule has 3 atom stereocenters. The molecule has 3 aliphatic heterocycles. The zero-order valence-electron chi connectivity index (χ0n) is 28.3. The van der Waals surface area contributed by atoms with Crippen molar-refractivity contribution in [2.24, 2.45) is 11.8 Å². The van der Waals surface area contributed by atoms with Crippen molar-refractivity contribution in [1.29, 1.82) is 0 Å². The number of fused-ring (bicyclic) bond motifs is 3. The van der Waals surface area contributed by atoms with E-state index >= 15 is 0 Å². The normalized spacial score (nSPS) is 19.0. The van der Waals surface area contributed by atoms with Gasteiger partial charge in [0.05, 0.1) is 19.6 Å². The van der Waals surface area contributed by atoms with E-state index in [1.54, 1.807) is 0 Å². The topological polar surface area (TPSA) is 231 Å². The van der Waals surface area contributed by atoms with E-state index in [0.717, 1.165) is 51.4 Å². The summed E-state index contributed by atoms with van der Waals surface area (Å²) in [6, 6.07) is 0. The van der Waals surface area contributed by atoms with E-state index in [0.29, 0.717) is 0 Å². The van der Waals surface area contributed by atoms with Crippen LogP contribution < -0.4 is 29.6 Å². The number of hydrogen-bond donors (Lipinski definition) is 6. The first-order valence-electron chi connectivity index (χ1n) is 15.4. The second-order valence-corrected chi connectivity index (χ2v) is 17.8. The Hall–Kier alpha value is 0.770. The number of hydrogen-bond acceptors (Lipinski definition) is 11. The molecule has 0 spiro atoms. The van der Waals surface area contributed by atoms with Crippen molar-refractivity contribution in [2.75, 3.05) is 52.5 Å².